The summed E-state index contributed by atoms with van der Waals surface area (Å²) in [5.41, 5.74) is 3.02. The van der Waals surface area contributed by atoms with E-state index in [0.29, 0.717) is 5.25 Å². The van der Waals surface area contributed by atoms with Gasteiger partial charge < -0.3 is 5.32 Å². The number of hydrogen-bond acceptors (Lipinski definition) is 5. The van der Waals surface area contributed by atoms with Gasteiger partial charge in [-0.2, -0.15) is 0 Å². The third-order valence-corrected chi connectivity index (χ3v) is 4.66. The van der Waals surface area contributed by atoms with E-state index in [0.717, 1.165) is 24.0 Å². The van der Waals surface area contributed by atoms with Crippen LogP contribution in [0.15, 0.2) is 10.5 Å². The Balaban J connectivity index is 1.82. The van der Waals surface area contributed by atoms with Crippen LogP contribution in [0.2, 0.25) is 0 Å². The third kappa shape index (κ3) is 2.72. The first-order valence-electron chi connectivity index (χ1n) is 5.13. The van der Waals surface area contributed by atoms with Crippen LogP contribution >= 0.6 is 23.1 Å². The average Bonchev–Trinajstić information content (AvgIpc) is 2.84. The molecule has 1 aliphatic rings. The minimum Gasteiger partial charge on any atom is -0.360 e. The van der Waals surface area contributed by atoms with Gasteiger partial charge in [-0.25, -0.2) is 4.98 Å². The summed E-state index contributed by atoms with van der Waals surface area (Å²) in [6.07, 6.45) is 1.19. The van der Waals surface area contributed by atoms with Gasteiger partial charge in [0.25, 0.3) is 0 Å². The Kier molecular flexibility index (Phi) is 3.64. The van der Waals surface area contributed by atoms with Crippen molar-refractivity contribution in [3.8, 4) is 0 Å². The van der Waals surface area contributed by atoms with Gasteiger partial charge in [0.05, 0.1) is 24.3 Å². The van der Waals surface area contributed by atoms with Crippen molar-refractivity contribution in [3.63, 3.8) is 0 Å². The maximum atomic E-state index is 4.47. The van der Waals surface area contributed by atoms with Gasteiger partial charge in [-0.15, -0.1) is 11.3 Å². The smallest absolute Gasteiger partial charge is 0.157 e. The normalized spacial score (nSPS) is 20.4. The Morgan fingerprint density at radius 2 is 2.47 bits per heavy atom. The van der Waals surface area contributed by atoms with Gasteiger partial charge >= 0.3 is 0 Å². The summed E-state index contributed by atoms with van der Waals surface area (Å²) in [4.78, 5) is 10.00. The highest BCUT2D eigenvalue weighted by Crippen LogP contribution is 2.22. The van der Waals surface area contributed by atoms with Gasteiger partial charge in [0.2, 0.25) is 0 Å². The zero-order valence-electron chi connectivity index (χ0n) is 8.99. The van der Waals surface area contributed by atoms with Gasteiger partial charge in [-0.1, -0.05) is 18.7 Å². The number of aromatic nitrogens is 1. The molecular weight excluding hydrogens is 226 g/mol. The molecule has 1 atom stereocenters. The number of thioether (sulfide) groups is 1. The summed E-state index contributed by atoms with van der Waals surface area (Å²) < 4.78 is 0. The Bertz CT molecular complexity index is 359. The number of aliphatic imine (C=N–C) groups is 1. The van der Waals surface area contributed by atoms with Gasteiger partial charge in [0, 0.05) is 10.1 Å². The summed E-state index contributed by atoms with van der Waals surface area (Å²) in [6, 6.07) is 0. The topological polar surface area (TPSA) is 37.3 Å². The number of hydrogen-bond donors (Lipinski definition) is 1. The summed E-state index contributed by atoms with van der Waals surface area (Å²) in [5, 5.41) is 5.14. The number of amidine groups is 1. The number of nitrogens with one attached hydrogen (secondary N) is 1. The standard InChI is InChI=1S/C10H15N3S2/c1-3-8-4-11-10(15-8)12-5-9-7(2)13-6-14-9/h6,8H,3-5H2,1-2H3,(H,11,12). The Morgan fingerprint density at radius 3 is 3.07 bits per heavy atom. The van der Waals surface area contributed by atoms with E-state index in [1.807, 2.05) is 24.2 Å². The van der Waals surface area contributed by atoms with Crippen molar-refractivity contribution in [1.82, 2.24) is 10.3 Å². The molecular formula is C10H15N3S2. The van der Waals surface area contributed by atoms with Crippen molar-refractivity contribution in [2.45, 2.75) is 32.1 Å². The first-order chi connectivity index (χ1) is 7.29. The molecule has 1 aromatic heterocycles. The molecule has 0 amide bonds. The fourth-order valence-electron chi connectivity index (χ4n) is 1.38. The van der Waals surface area contributed by atoms with Crippen LogP contribution in [-0.4, -0.2) is 21.9 Å². The SMILES string of the molecule is CCC1CN=C(NCc2scnc2C)S1. The van der Waals surface area contributed by atoms with Gasteiger partial charge in [-0.05, 0) is 13.3 Å². The van der Waals surface area contributed by atoms with Crippen LogP contribution in [0.5, 0.6) is 0 Å². The maximum absolute atomic E-state index is 4.47. The zero-order chi connectivity index (χ0) is 10.7. The van der Waals surface area contributed by atoms with Gasteiger partial charge in [-0.3, -0.25) is 4.99 Å². The van der Waals surface area contributed by atoms with Crippen LogP contribution in [0.1, 0.15) is 23.9 Å². The largest absolute Gasteiger partial charge is 0.360 e. The first kappa shape index (κ1) is 11.0. The van der Waals surface area contributed by atoms with E-state index in [2.05, 4.69) is 22.2 Å². The average molecular weight is 241 g/mol. The highest BCUT2D eigenvalue weighted by Gasteiger charge is 2.17. The molecule has 1 unspecified atom stereocenters. The molecule has 0 saturated carbocycles. The molecule has 1 N–H and O–H groups in total. The van der Waals surface area contributed by atoms with Crippen molar-refractivity contribution < 1.29 is 0 Å². The van der Waals surface area contributed by atoms with Crippen molar-refractivity contribution in [2.75, 3.05) is 6.54 Å². The second-order valence-electron chi connectivity index (χ2n) is 3.51. The molecule has 5 heteroatoms. The Hall–Kier alpha value is -0.550. The second kappa shape index (κ2) is 4.99. The molecule has 15 heavy (non-hydrogen) atoms. The fraction of sp³-hybridized carbons (Fsp3) is 0.600. The lowest BCUT2D eigenvalue weighted by molar-refractivity contribution is 0.839. The third-order valence-electron chi connectivity index (χ3n) is 2.42. The van der Waals surface area contributed by atoms with Crippen molar-refractivity contribution >= 4 is 28.3 Å². The zero-order valence-corrected chi connectivity index (χ0v) is 10.6. The summed E-state index contributed by atoms with van der Waals surface area (Å²) in [7, 11) is 0. The van der Waals surface area contributed by atoms with Crippen molar-refractivity contribution in [1.29, 1.82) is 0 Å². The summed E-state index contributed by atoms with van der Waals surface area (Å²) in [5.74, 6) is 0. The van der Waals surface area contributed by atoms with Crippen LogP contribution in [-0.2, 0) is 6.54 Å². The lowest BCUT2D eigenvalue weighted by atomic mass is 10.3. The second-order valence-corrected chi connectivity index (χ2v) is 5.74. The summed E-state index contributed by atoms with van der Waals surface area (Å²) in [6.45, 7) is 6.08. The number of thiazole rings is 1. The molecule has 82 valence electrons. The number of rotatable bonds is 3. The Labute approximate surface area is 98.4 Å². The highest BCUT2D eigenvalue weighted by molar-refractivity contribution is 8.14. The summed E-state index contributed by atoms with van der Waals surface area (Å²) >= 11 is 3.56. The lowest BCUT2D eigenvalue weighted by Crippen LogP contribution is -2.18. The molecule has 3 nitrogen and oxygen atoms in total. The van der Waals surface area contributed by atoms with Crippen LogP contribution in [0.3, 0.4) is 0 Å². The molecule has 0 saturated heterocycles. The quantitative estimate of drug-likeness (QED) is 0.883. The van der Waals surface area contributed by atoms with E-state index >= 15 is 0 Å². The molecule has 0 fully saturated rings. The predicted molar refractivity (Wildman–Crippen MR) is 67.7 cm³/mol. The molecule has 0 aromatic carbocycles. The lowest BCUT2D eigenvalue weighted by Gasteiger charge is -2.05. The minimum absolute atomic E-state index is 0.676. The molecule has 1 aliphatic heterocycles. The molecule has 0 aliphatic carbocycles. The molecule has 1 aromatic rings. The monoisotopic (exact) mass is 241 g/mol. The van der Waals surface area contributed by atoms with Crippen LogP contribution in [0.4, 0.5) is 0 Å². The van der Waals surface area contributed by atoms with E-state index < -0.39 is 0 Å². The van der Waals surface area contributed by atoms with E-state index in [9.17, 15) is 0 Å². The molecule has 2 rings (SSSR count). The minimum atomic E-state index is 0.676. The molecule has 2 heterocycles. The van der Waals surface area contributed by atoms with E-state index in [-0.39, 0.29) is 0 Å². The van der Waals surface area contributed by atoms with Gasteiger partial charge in [0.1, 0.15) is 0 Å². The van der Waals surface area contributed by atoms with Crippen LogP contribution < -0.4 is 5.32 Å². The van der Waals surface area contributed by atoms with Crippen LogP contribution in [0.25, 0.3) is 0 Å². The number of nitrogens with zero attached hydrogens (tertiary/aromatic N) is 2. The molecule has 0 radical (unpaired) electrons. The first-order valence-corrected chi connectivity index (χ1v) is 6.89. The molecule has 0 spiro atoms. The van der Waals surface area contributed by atoms with E-state index in [4.69, 9.17) is 0 Å². The van der Waals surface area contributed by atoms with E-state index in [1.54, 1.807) is 11.3 Å². The fourth-order valence-corrected chi connectivity index (χ4v) is 3.03. The number of aryl methyl sites for hydroxylation is 1. The Morgan fingerprint density at radius 1 is 1.60 bits per heavy atom. The molecule has 0 bridgehead atoms. The van der Waals surface area contributed by atoms with Crippen molar-refractivity contribution in [2.24, 2.45) is 4.99 Å². The predicted octanol–water partition coefficient (Wildman–Crippen LogP) is 2.42. The van der Waals surface area contributed by atoms with Gasteiger partial charge in [0.15, 0.2) is 5.17 Å². The highest BCUT2D eigenvalue weighted by atomic mass is 32.2. The van der Waals surface area contributed by atoms with Crippen LogP contribution in [0, 0.1) is 6.92 Å². The maximum Gasteiger partial charge on any atom is 0.157 e. The van der Waals surface area contributed by atoms with E-state index in [1.165, 1.54) is 11.3 Å². The van der Waals surface area contributed by atoms with Crippen molar-refractivity contribution in [3.05, 3.63) is 16.1 Å².